The predicted molar refractivity (Wildman–Crippen MR) is 106 cm³/mol. The Balaban J connectivity index is 1.58. The van der Waals surface area contributed by atoms with E-state index in [2.05, 4.69) is 25.3 Å². The van der Waals surface area contributed by atoms with Gasteiger partial charge in [0.15, 0.2) is 23.2 Å². The number of aromatic nitrogens is 5. The lowest BCUT2D eigenvalue weighted by Gasteiger charge is -2.05. The third-order valence-corrected chi connectivity index (χ3v) is 4.18. The van der Waals surface area contributed by atoms with Crippen LogP contribution in [-0.2, 0) is 0 Å². The van der Waals surface area contributed by atoms with Gasteiger partial charge < -0.3 is 14.8 Å². The van der Waals surface area contributed by atoms with Crippen molar-refractivity contribution in [2.75, 3.05) is 19.0 Å². The number of fused-ring (bicyclic) bond motifs is 1. The Morgan fingerprint density at radius 2 is 2.03 bits per heavy atom. The maximum atomic E-state index is 14.0. The second-order valence-corrected chi connectivity index (χ2v) is 6.11. The van der Waals surface area contributed by atoms with Gasteiger partial charge in [-0.15, -0.1) is 0 Å². The molecule has 10 heteroatoms. The van der Waals surface area contributed by atoms with Crippen molar-refractivity contribution in [3.05, 3.63) is 60.7 Å². The Labute approximate surface area is 170 Å². The van der Waals surface area contributed by atoms with Crippen molar-refractivity contribution < 1.29 is 18.7 Å². The van der Waals surface area contributed by atoms with Gasteiger partial charge in [0.05, 0.1) is 38.0 Å². The molecule has 0 aromatic carbocycles. The van der Waals surface area contributed by atoms with Crippen molar-refractivity contribution in [1.82, 2.24) is 24.3 Å². The van der Waals surface area contributed by atoms with Crippen LogP contribution in [0.25, 0.3) is 16.9 Å². The number of ether oxygens (including phenoxy) is 2. The SMILES string of the molecule is CCOc1ccc(-c2cncc(C(=O)Nc3cn4c(F)ccc(OC)c4n3)n2)cn1. The third-order valence-electron chi connectivity index (χ3n) is 4.18. The molecule has 0 saturated heterocycles. The van der Waals surface area contributed by atoms with E-state index in [1.54, 1.807) is 18.3 Å². The average molecular weight is 408 g/mol. The highest BCUT2D eigenvalue weighted by Gasteiger charge is 2.15. The van der Waals surface area contributed by atoms with Gasteiger partial charge in [-0.1, -0.05) is 0 Å². The minimum absolute atomic E-state index is 0.0749. The lowest BCUT2D eigenvalue weighted by molar-refractivity contribution is 0.102. The van der Waals surface area contributed by atoms with Crippen molar-refractivity contribution in [1.29, 1.82) is 0 Å². The van der Waals surface area contributed by atoms with Gasteiger partial charge >= 0.3 is 0 Å². The van der Waals surface area contributed by atoms with Gasteiger partial charge in [0.2, 0.25) is 5.88 Å². The van der Waals surface area contributed by atoms with E-state index < -0.39 is 11.9 Å². The number of amides is 1. The molecule has 4 rings (SSSR count). The summed E-state index contributed by atoms with van der Waals surface area (Å²) in [5, 5.41) is 2.60. The summed E-state index contributed by atoms with van der Waals surface area (Å²) in [4.78, 5) is 29.4. The first-order chi connectivity index (χ1) is 14.6. The molecule has 0 spiro atoms. The van der Waals surface area contributed by atoms with Crippen LogP contribution in [0.15, 0.2) is 49.1 Å². The Kier molecular flexibility index (Phi) is 5.21. The number of carbonyl (C=O) groups excluding carboxylic acids is 1. The zero-order chi connectivity index (χ0) is 21.1. The number of rotatable bonds is 6. The quantitative estimate of drug-likeness (QED) is 0.489. The molecule has 0 radical (unpaired) electrons. The standard InChI is InChI=1S/C20H17FN6O3/c1-3-30-18-7-4-12(8-23-18)13-9-22-10-14(24-13)20(28)26-17-11-27-16(21)6-5-15(29-2)19(27)25-17/h4-11H,3H2,1-2H3,(H,26,28). The maximum Gasteiger partial charge on any atom is 0.277 e. The molecule has 30 heavy (non-hydrogen) atoms. The van der Waals surface area contributed by atoms with Crippen molar-refractivity contribution >= 4 is 17.4 Å². The number of imidazole rings is 1. The average Bonchev–Trinajstić information content (AvgIpc) is 3.19. The van der Waals surface area contributed by atoms with E-state index >= 15 is 0 Å². The number of hydrogen-bond acceptors (Lipinski definition) is 7. The van der Waals surface area contributed by atoms with Crippen LogP contribution in [0.5, 0.6) is 11.6 Å². The maximum absolute atomic E-state index is 14.0. The van der Waals surface area contributed by atoms with Gasteiger partial charge in [0, 0.05) is 17.8 Å². The van der Waals surface area contributed by atoms with Gasteiger partial charge in [-0.05, 0) is 25.1 Å². The minimum atomic E-state index is -0.538. The van der Waals surface area contributed by atoms with Crippen LogP contribution in [-0.4, -0.2) is 44.0 Å². The summed E-state index contributed by atoms with van der Waals surface area (Å²) in [6.45, 7) is 2.39. The molecule has 1 amide bonds. The number of halogens is 1. The number of pyridine rings is 2. The van der Waals surface area contributed by atoms with Crippen LogP contribution in [0.1, 0.15) is 17.4 Å². The fourth-order valence-corrected chi connectivity index (χ4v) is 2.80. The van der Waals surface area contributed by atoms with Crippen LogP contribution in [0.2, 0.25) is 0 Å². The number of carbonyl (C=O) groups is 1. The summed E-state index contributed by atoms with van der Waals surface area (Å²) in [7, 11) is 1.46. The van der Waals surface area contributed by atoms with Crippen molar-refractivity contribution in [2.45, 2.75) is 6.92 Å². The first-order valence-corrected chi connectivity index (χ1v) is 9.03. The van der Waals surface area contributed by atoms with E-state index in [9.17, 15) is 9.18 Å². The highest BCUT2D eigenvalue weighted by molar-refractivity contribution is 6.02. The van der Waals surface area contributed by atoms with E-state index in [0.29, 0.717) is 29.5 Å². The summed E-state index contributed by atoms with van der Waals surface area (Å²) >= 11 is 0. The molecule has 9 nitrogen and oxygen atoms in total. The molecule has 4 heterocycles. The fourth-order valence-electron chi connectivity index (χ4n) is 2.80. The molecule has 0 fully saturated rings. The fraction of sp³-hybridized carbons (Fsp3) is 0.150. The van der Waals surface area contributed by atoms with Crippen molar-refractivity contribution in [2.24, 2.45) is 0 Å². The van der Waals surface area contributed by atoms with E-state index in [0.717, 1.165) is 0 Å². The summed E-state index contributed by atoms with van der Waals surface area (Å²) < 4.78 is 25.7. The highest BCUT2D eigenvalue weighted by Crippen LogP contribution is 2.23. The van der Waals surface area contributed by atoms with Crippen LogP contribution in [0, 0.1) is 5.95 Å². The number of methoxy groups -OCH3 is 1. The molecule has 0 aliphatic carbocycles. The topological polar surface area (TPSA) is 104 Å². The van der Waals surface area contributed by atoms with Crippen LogP contribution in [0.4, 0.5) is 10.2 Å². The lowest BCUT2D eigenvalue weighted by atomic mass is 10.2. The Morgan fingerprint density at radius 1 is 1.17 bits per heavy atom. The molecule has 152 valence electrons. The van der Waals surface area contributed by atoms with Crippen LogP contribution >= 0.6 is 0 Å². The van der Waals surface area contributed by atoms with Gasteiger partial charge in [0.25, 0.3) is 5.91 Å². The largest absolute Gasteiger partial charge is 0.493 e. The molecule has 0 bridgehead atoms. The Bertz CT molecular complexity index is 1210. The van der Waals surface area contributed by atoms with Crippen molar-refractivity contribution in [3.8, 4) is 22.9 Å². The normalized spacial score (nSPS) is 10.8. The number of anilines is 1. The zero-order valence-electron chi connectivity index (χ0n) is 16.2. The molecule has 0 atom stereocenters. The first-order valence-electron chi connectivity index (χ1n) is 9.03. The molecule has 1 N–H and O–H groups in total. The Hall–Kier alpha value is -4.08. The predicted octanol–water partition coefficient (Wildman–Crippen LogP) is 2.99. The number of nitrogens with zero attached hydrogens (tertiary/aromatic N) is 5. The van der Waals surface area contributed by atoms with Crippen LogP contribution < -0.4 is 14.8 Å². The van der Waals surface area contributed by atoms with E-state index in [1.807, 2.05) is 6.92 Å². The lowest BCUT2D eigenvalue weighted by Crippen LogP contribution is -2.14. The molecule has 0 unspecified atom stereocenters. The molecule has 0 saturated carbocycles. The van der Waals surface area contributed by atoms with E-state index in [1.165, 1.54) is 42.2 Å². The van der Waals surface area contributed by atoms with Gasteiger partial charge in [-0.3, -0.25) is 14.2 Å². The highest BCUT2D eigenvalue weighted by atomic mass is 19.1. The molecule has 4 aromatic heterocycles. The van der Waals surface area contributed by atoms with Gasteiger partial charge in [-0.2, -0.15) is 4.39 Å². The van der Waals surface area contributed by atoms with E-state index in [-0.39, 0.29) is 17.2 Å². The zero-order valence-corrected chi connectivity index (χ0v) is 16.2. The number of nitrogens with one attached hydrogen (secondary N) is 1. The van der Waals surface area contributed by atoms with Gasteiger partial charge in [0.1, 0.15) is 5.69 Å². The van der Waals surface area contributed by atoms with Crippen LogP contribution in [0.3, 0.4) is 0 Å². The second-order valence-electron chi connectivity index (χ2n) is 6.11. The smallest absolute Gasteiger partial charge is 0.277 e. The molecular formula is C20H17FN6O3. The minimum Gasteiger partial charge on any atom is -0.493 e. The molecule has 0 aliphatic rings. The monoisotopic (exact) mass is 408 g/mol. The first kappa shape index (κ1) is 19.2. The number of hydrogen-bond donors (Lipinski definition) is 1. The summed E-state index contributed by atoms with van der Waals surface area (Å²) in [5.41, 5.74) is 1.47. The van der Waals surface area contributed by atoms with Gasteiger partial charge in [-0.25, -0.2) is 15.0 Å². The van der Waals surface area contributed by atoms with Crippen molar-refractivity contribution in [3.63, 3.8) is 0 Å². The second kappa shape index (κ2) is 8.11. The van der Waals surface area contributed by atoms with E-state index in [4.69, 9.17) is 9.47 Å². The summed E-state index contributed by atoms with van der Waals surface area (Å²) in [5.74, 6) is -0.0488. The molecular weight excluding hydrogens is 391 g/mol. The summed E-state index contributed by atoms with van der Waals surface area (Å²) in [6, 6.07) is 6.20. The molecule has 4 aromatic rings. The molecule has 0 aliphatic heterocycles. The summed E-state index contributed by atoms with van der Waals surface area (Å²) in [6.07, 6.45) is 5.81. The Morgan fingerprint density at radius 3 is 2.77 bits per heavy atom. The third kappa shape index (κ3) is 3.75.